The molecule has 0 bridgehead atoms. The molecule has 8 nitrogen and oxygen atoms in total. The molecule has 0 heterocycles. The van der Waals surface area contributed by atoms with Gasteiger partial charge < -0.3 is 19.4 Å². The van der Waals surface area contributed by atoms with Gasteiger partial charge in [0.05, 0.1) is 0 Å². The van der Waals surface area contributed by atoms with Crippen LogP contribution in [0.2, 0.25) is 0 Å². The number of phenolic OH excluding ortho intramolecular Hbond substituents is 1. The van der Waals surface area contributed by atoms with Crippen molar-refractivity contribution in [1.82, 2.24) is 0 Å². The number of unbranched alkanes of at least 4 members (excludes halogenated alkanes) is 40. The number of hydrogen-bond donors (Lipinski definition) is 4. The summed E-state index contributed by atoms with van der Waals surface area (Å²) < 4.78 is 36.3. The normalized spacial score (nSPS) is 14.4. The highest BCUT2D eigenvalue weighted by Gasteiger charge is 2.56. The SMILES string of the molecule is CCCCCCCCCCCCCC(C)C(CCCCCCCCCCCCC)(CCCCCCCCCCCCC)C(CCCCCCCCCCCCC)(c1cc(C(C)(C)C)c(O)cc1C)c1cc(C(C)(C)C)c(OP(=O)(O)OP(=O)(O)O)cc1C. The fourth-order valence-corrected chi connectivity index (χ4v) is 16.8. The van der Waals surface area contributed by atoms with Crippen molar-refractivity contribution < 1.29 is 37.8 Å². The van der Waals surface area contributed by atoms with Crippen LogP contribution in [-0.2, 0) is 29.7 Å². The predicted octanol–water partition coefficient (Wildman–Crippen LogP) is 26.9. The Kier molecular flexibility index (Phi) is 42.7. The van der Waals surface area contributed by atoms with E-state index in [4.69, 9.17) is 4.52 Å². The van der Waals surface area contributed by atoms with Crippen molar-refractivity contribution in [2.45, 2.75) is 414 Å². The van der Waals surface area contributed by atoms with Gasteiger partial charge in [-0.15, -0.1) is 0 Å². The summed E-state index contributed by atoms with van der Waals surface area (Å²) in [7, 11) is -10.7. The Bertz CT molecular complexity index is 2160. The van der Waals surface area contributed by atoms with E-state index in [1.54, 1.807) is 0 Å². The Morgan fingerprint density at radius 2 is 0.670 bits per heavy atom. The number of phosphoric ester groups is 1. The summed E-state index contributed by atoms with van der Waals surface area (Å²) >= 11 is 0. The second-order valence-electron chi connectivity index (χ2n) is 30.1. The van der Waals surface area contributed by atoms with E-state index < -0.39 is 26.5 Å². The van der Waals surface area contributed by atoms with Crippen LogP contribution in [0.4, 0.5) is 0 Å². The molecule has 0 aliphatic carbocycles. The molecule has 0 saturated carbocycles. The number of rotatable bonds is 56. The molecule has 3 unspecified atom stereocenters. The van der Waals surface area contributed by atoms with Gasteiger partial charge in [0.25, 0.3) is 0 Å². The standard InChI is InChI=1S/C78H144O8P2/c1-14-18-22-26-30-34-38-42-46-50-54-58-68(7)77(59-55-51-47-43-39-35-31-27-23-19-15-2,60-56-52-48-44-40-36-32-28-24-20-16-3)78(61-57-53-49-45-41-37-33-29-25-21-17-4,69-64-71(75(8,9)10)73(79)62-66(69)5)70-65-72(76(11,12)13)74(63-67(70)6)85-88(83,84)86-87(80,81)82/h62-65,68,79H,14-61H2,1-13H3,(H,83,84)(H2,80,81,82). The largest absolute Gasteiger partial charge is 0.536 e. The van der Waals surface area contributed by atoms with Crippen LogP contribution in [0.3, 0.4) is 0 Å². The van der Waals surface area contributed by atoms with Gasteiger partial charge in [-0.05, 0) is 95.2 Å². The average Bonchev–Trinajstić information content (AvgIpc) is 0.750. The van der Waals surface area contributed by atoms with Gasteiger partial charge in [-0.2, -0.15) is 4.31 Å². The number of benzene rings is 2. The minimum atomic E-state index is -5.40. The van der Waals surface area contributed by atoms with Crippen LogP contribution in [0.15, 0.2) is 24.3 Å². The second kappa shape index (κ2) is 45.6. The fourth-order valence-electron chi connectivity index (χ4n) is 15.2. The molecule has 0 aliphatic rings. The molecule has 514 valence electrons. The monoisotopic (exact) mass is 1270 g/mol. The summed E-state index contributed by atoms with van der Waals surface area (Å²) in [6.45, 7) is 29.2. The van der Waals surface area contributed by atoms with Crippen LogP contribution < -0.4 is 4.52 Å². The van der Waals surface area contributed by atoms with Crippen molar-refractivity contribution >= 4 is 15.6 Å². The molecule has 0 aliphatic heterocycles. The lowest BCUT2D eigenvalue weighted by Gasteiger charge is -2.57. The summed E-state index contributed by atoms with van der Waals surface area (Å²) in [5.41, 5.74) is 4.40. The van der Waals surface area contributed by atoms with E-state index in [-0.39, 0.29) is 16.6 Å². The molecular formula is C78H144O8P2. The average molecular weight is 1270 g/mol. The molecule has 2 rings (SSSR count). The highest BCUT2D eigenvalue weighted by Crippen LogP contribution is 2.64. The first-order valence-electron chi connectivity index (χ1n) is 37.7. The molecule has 0 aromatic heterocycles. The summed E-state index contributed by atoms with van der Waals surface area (Å²) in [4.78, 5) is 30.8. The first-order chi connectivity index (χ1) is 41.9. The zero-order valence-corrected chi connectivity index (χ0v) is 61.9. The van der Waals surface area contributed by atoms with Crippen LogP contribution in [0.1, 0.15) is 418 Å². The van der Waals surface area contributed by atoms with Crippen molar-refractivity contribution in [2.24, 2.45) is 11.3 Å². The fraction of sp³-hybridized carbons (Fsp3) is 0.846. The van der Waals surface area contributed by atoms with E-state index in [1.807, 2.05) is 6.07 Å². The van der Waals surface area contributed by atoms with Crippen LogP contribution in [0.5, 0.6) is 11.5 Å². The number of aryl methyl sites for hydroxylation is 2. The summed E-state index contributed by atoms with van der Waals surface area (Å²) in [5, 5.41) is 12.2. The molecule has 88 heavy (non-hydrogen) atoms. The van der Waals surface area contributed by atoms with Gasteiger partial charge in [0.1, 0.15) is 11.5 Å². The molecule has 3 atom stereocenters. The molecule has 0 amide bonds. The Morgan fingerprint density at radius 3 is 0.989 bits per heavy atom. The molecule has 0 radical (unpaired) electrons. The quantitative estimate of drug-likeness (QED) is 0.0380. The maximum atomic E-state index is 13.7. The van der Waals surface area contributed by atoms with Gasteiger partial charge in [0.2, 0.25) is 0 Å². The van der Waals surface area contributed by atoms with Gasteiger partial charge in [-0.1, -0.05) is 377 Å². The van der Waals surface area contributed by atoms with Crippen molar-refractivity contribution in [3.63, 3.8) is 0 Å². The van der Waals surface area contributed by atoms with Crippen molar-refractivity contribution in [1.29, 1.82) is 0 Å². The van der Waals surface area contributed by atoms with Gasteiger partial charge in [0.15, 0.2) is 0 Å². The van der Waals surface area contributed by atoms with Crippen LogP contribution in [-0.4, -0.2) is 19.8 Å². The lowest BCUT2D eigenvalue weighted by atomic mass is 9.46. The number of hydrogen-bond acceptors (Lipinski definition) is 5. The molecular weight excluding hydrogens is 1130 g/mol. The predicted molar refractivity (Wildman–Crippen MR) is 382 cm³/mol. The van der Waals surface area contributed by atoms with Gasteiger partial charge >= 0.3 is 15.6 Å². The minimum Gasteiger partial charge on any atom is -0.508 e. The third-order valence-corrected chi connectivity index (χ3v) is 22.4. The van der Waals surface area contributed by atoms with E-state index in [1.165, 1.54) is 268 Å². The van der Waals surface area contributed by atoms with E-state index >= 15 is 0 Å². The summed E-state index contributed by atoms with van der Waals surface area (Å²) in [6.07, 6.45) is 60.7. The molecule has 0 saturated heterocycles. The molecule has 4 N–H and O–H groups in total. The molecule has 0 fully saturated rings. The van der Waals surface area contributed by atoms with E-state index in [2.05, 4.69) is 113 Å². The first-order valence-corrected chi connectivity index (χ1v) is 40.7. The number of phosphoric acid groups is 2. The lowest BCUT2D eigenvalue weighted by Crippen LogP contribution is -2.52. The van der Waals surface area contributed by atoms with E-state index in [9.17, 15) is 28.9 Å². The van der Waals surface area contributed by atoms with Crippen molar-refractivity contribution in [3.05, 3.63) is 57.6 Å². The highest BCUT2D eigenvalue weighted by atomic mass is 31.3. The second-order valence-corrected chi connectivity index (χ2v) is 32.9. The van der Waals surface area contributed by atoms with E-state index in [0.29, 0.717) is 17.2 Å². The topological polar surface area (TPSA) is 134 Å². The third kappa shape index (κ3) is 32.0. The Hall–Kier alpha value is -1.66. The number of phenols is 1. The number of aromatic hydroxyl groups is 1. The first kappa shape index (κ1) is 82.4. The van der Waals surface area contributed by atoms with Gasteiger partial charge in [-0.25, -0.2) is 9.13 Å². The molecule has 2 aromatic rings. The lowest BCUT2D eigenvalue weighted by molar-refractivity contribution is 0.0271. The summed E-state index contributed by atoms with van der Waals surface area (Å²) in [5.74, 6) is 0.774. The maximum absolute atomic E-state index is 13.7. The Labute approximate surface area is 545 Å². The van der Waals surface area contributed by atoms with Crippen molar-refractivity contribution in [2.75, 3.05) is 0 Å². The Balaban J connectivity index is 3.16. The van der Waals surface area contributed by atoms with Crippen molar-refractivity contribution in [3.8, 4) is 11.5 Å². The Morgan fingerprint density at radius 1 is 0.386 bits per heavy atom. The third-order valence-electron chi connectivity index (χ3n) is 20.3. The van der Waals surface area contributed by atoms with Gasteiger partial charge in [0, 0.05) is 11.0 Å². The highest BCUT2D eigenvalue weighted by molar-refractivity contribution is 7.60. The van der Waals surface area contributed by atoms with Gasteiger partial charge in [-0.3, -0.25) is 4.89 Å². The maximum Gasteiger partial charge on any atom is 0.536 e. The van der Waals surface area contributed by atoms with E-state index in [0.717, 1.165) is 68.1 Å². The molecule has 0 spiro atoms. The zero-order chi connectivity index (χ0) is 65.4. The minimum absolute atomic E-state index is 0.102. The van der Waals surface area contributed by atoms with Crippen LogP contribution in [0, 0.1) is 25.2 Å². The van der Waals surface area contributed by atoms with Crippen LogP contribution in [0.25, 0.3) is 0 Å². The van der Waals surface area contributed by atoms with Crippen LogP contribution >= 0.6 is 15.6 Å². The zero-order valence-electron chi connectivity index (χ0n) is 60.1. The smallest absolute Gasteiger partial charge is 0.508 e. The molecule has 2 aromatic carbocycles. The summed E-state index contributed by atoms with van der Waals surface area (Å²) in [6, 6.07) is 8.70. The molecule has 10 heteroatoms.